The van der Waals surface area contributed by atoms with E-state index in [4.69, 9.17) is 0 Å². The van der Waals surface area contributed by atoms with Gasteiger partial charge in [-0.1, -0.05) is 22.7 Å². The van der Waals surface area contributed by atoms with Gasteiger partial charge in [-0.3, -0.25) is 0 Å². The van der Waals surface area contributed by atoms with Gasteiger partial charge in [0.1, 0.15) is 0 Å². The third kappa shape index (κ3) is 1.49. The predicted octanol–water partition coefficient (Wildman–Crippen LogP) is 0.748. The Bertz CT molecular complexity index is 197. The van der Waals surface area contributed by atoms with Crippen LogP contribution in [0.1, 0.15) is 25.6 Å². The summed E-state index contributed by atoms with van der Waals surface area (Å²) in [6.45, 7) is 2.03. The summed E-state index contributed by atoms with van der Waals surface area (Å²) in [6.07, 6.45) is 2.55. The summed E-state index contributed by atoms with van der Waals surface area (Å²) < 4.78 is 12.4. The zero-order valence-corrected chi connectivity index (χ0v) is 5.79. The van der Waals surface area contributed by atoms with Crippen LogP contribution in [-0.4, -0.2) is 20.4 Å². The number of rotatable bonds is 3. The van der Waals surface area contributed by atoms with Crippen LogP contribution >= 0.6 is 0 Å². The Kier molecular flexibility index (Phi) is 2.30. The number of aromatic nitrogens is 4. The van der Waals surface area contributed by atoms with Gasteiger partial charge < -0.3 is 0 Å². The van der Waals surface area contributed by atoms with Crippen molar-refractivity contribution in [3.63, 3.8) is 0 Å². The number of nitrogens with zero attached hydrogens (tertiary/aromatic N) is 4. The summed E-state index contributed by atoms with van der Waals surface area (Å²) in [5.41, 5.74) is 0. The van der Waals surface area contributed by atoms with E-state index in [1.54, 1.807) is 0 Å². The lowest BCUT2D eigenvalue weighted by Crippen LogP contribution is -1.94. The molecular formula is C5H9FN4. The minimum atomic E-state index is 0.218. The average molecular weight is 144 g/mol. The maximum atomic E-state index is 12.4. The van der Waals surface area contributed by atoms with E-state index in [2.05, 4.69) is 15.5 Å². The summed E-state index contributed by atoms with van der Waals surface area (Å²) >= 11 is 0. The summed E-state index contributed by atoms with van der Waals surface area (Å²) in [5, 5.41) is 9.70. The lowest BCUT2D eigenvalue weighted by atomic mass is 10.2. The minimum Gasteiger partial charge on any atom is -0.111 e. The zero-order valence-electron chi connectivity index (χ0n) is 5.79. The molecule has 0 N–H and O–H groups in total. The van der Waals surface area contributed by atoms with Gasteiger partial charge in [0.15, 0.2) is 5.82 Å². The molecule has 0 aliphatic carbocycles. The van der Waals surface area contributed by atoms with Crippen molar-refractivity contribution < 1.29 is 4.48 Å². The van der Waals surface area contributed by atoms with E-state index in [9.17, 15) is 4.48 Å². The van der Waals surface area contributed by atoms with Crippen molar-refractivity contribution in [1.82, 2.24) is 20.4 Å². The summed E-state index contributed by atoms with van der Waals surface area (Å²) in [6, 6.07) is 0. The van der Waals surface area contributed by atoms with Crippen LogP contribution in [0.2, 0.25) is 0 Å². The van der Waals surface area contributed by atoms with Gasteiger partial charge in [0.05, 0.1) is 0 Å². The topological polar surface area (TPSA) is 43.6 Å². The lowest BCUT2D eigenvalue weighted by Gasteiger charge is -1.90. The number of aryl methyl sites for hydroxylation is 1. The van der Waals surface area contributed by atoms with E-state index in [1.807, 2.05) is 6.92 Å². The van der Waals surface area contributed by atoms with Crippen LogP contribution in [0.5, 0.6) is 0 Å². The molecule has 0 bridgehead atoms. The molecule has 0 aliphatic rings. The van der Waals surface area contributed by atoms with Gasteiger partial charge in [0.2, 0.25) is 0 Å². The summed E-state index contributed by atoms with van der Waals surface area (Å²) in [5.74, 6) is 0.307. The Balaban J connectivity index is 2.49. The Morgan fingerprint density at radius 2 is 2.40 bits per heavy atom. The van der Waals surface area contributed by atoms with Crippen LogP contribution in [0, 0.1) is 0 Å². The highest BCUT2D eigenvalue weighted by Gasteiger charge is 2.02. The van der Waals surface area contributed by atoms with Crippen LogP contribution in [0.15, 0.2) is 0 Å². The minimum absolute atomic E-state index is 0.218. The largest absolute Gasteiger partial charge is 0.186 e. The fourth-order valence-corrected chi connectivity index (χ4v) is 0.672. The Morgan fingerprint density at radius 1 is 1.60 bits per heavy atom. The molecular weight excluding hydrogens is 135 g/mol. The third-order valence-corrected chi connectivity index (χ3v) is 1.25. The summed E-state index contributed by atoms with van der Waals surface area (Å²) in [4.78, 5) is 0.218. The maximum absolute atomic E-state index is 12.4. The molecule has 1 rings (SSSR count). The van der Waals surface area contributed by atoms with Crippen LogP contribution in [0.25, 0.3) is 0 Å². The first-order chi connectivity index (χ1) is 4.84. The molecule has 56 valence electrons. The predicted molar refractivity (Wildman–Crippen MR) is 32.9 cm³/mol. The quantitative estimate of drug-likeness (QED) is 0.628. The standard InChI is InChI=1S/C5H9FN4/c1-2-3-4-5-7-8-9-10(5)6/h2-4H2,1H3. The van der Waals surface area contributed by atoms with E-state index >= 15 is 0 Å². The van der Waals surface area contributed by atoms with E-state index in [0.717, 1.165) is 12.8 Å². The van der Waals surface area contributed by atoms with Crippen molar-refractivity contribution >= 4 is 0 Å². The van der Waals surface area contributed by atoms with Gasteiger partial charge in [-0.05, 0) is 16.8 Å². The molecule has 0 spiro atoms. The normalized spacial score (nSPS) is 10.2. The van der Waals surface area contributed by atoms with E-state index in [1.165, 1.54) is 0 Å². The van der Waals surface area contributed by atoms with Crippen molar-refractivity contribution in [2.24, 2.45) is 0 Å². The molecule has 0 amide bonds. The van der Waals surface area contributed by atoms with Gasteiger partial charge in [0.25, 0.3) is 0 Å². The molecule has 0 radical (unpaired) electrons. The smallest absolute Gasteiger partial charge is 0.111 e. The first-order valence-corrected chi connectivity index (χ1v) is 3.28. The number of hydrogen-bond donors (Lipinski definition) is 0. The van der Waals surface area contributed by atoms with Gasteiger partial charge in [-0.15, -0.1) is 5.10 Å². The van der Waals surface area contributed by atoms with Crippen LogP contribution < -0.4 is 0 Å². The van der Waals surface area contributed by atoms with Gasteiger partial charge in [-0.2, -0.15) is 0 Å². The maximum Gasteiger partial charge on any atom is 0.186 e. The van der Waals surface area contributed by atoms with Crippen molar-refractivity contribution in [3.8, 4) is 0 Å². The highest BCUT2D eigenvalue weighted by molar-refractivity contribution is 4.76. The van der Waals surface area contributed by atoms with Gasteiger partial charge >= 0.3 is 0 Å². The summed E-state index contributed by atoms with van der Waals surface area (Å²) in [7, 11) is 0. The molecule has 4 nitrogen and oxygen atoms in total. The highest BCUT2D eigenvalue weighted by Crippen LogP contribution is 1.98. The Morgan fingerprint density at radius 3 is 2.90 bits per heavy atom. The van der Waals surface area contributed by atoms with Crippen molar-refractivity contribution in [3.05, 3.63) is 5.82 Å². The van der Waals surface area contributed by atoms with Gasteiger partial charge in [0, 0.05) is 6.42 Å². The molecule has 0 unspecified atom stereocenters. The van der Waals surface area contributed by atoms with E-state index in [-0.39, 0.29) is 4.90 Å². The second-order valence-corrected chi connectivity index (χ2v) is 2.06. The number of hydrogen-bond acceptors (Lipinski definition) is 3. The second-order valence-electron chi connectivity index (χ2n) is 2.06. The molecule has 10 heavy (non-hydrogen) atoms. The van der Waals surface area contributed by atoms with Crippen molar-refractivity contribution in [2.45, 2.75) is 26.2 Å². The first-order valence-electron chi connectivity index (χ1n) is 3.28. The van der Waals surface area contributed by atoms with E-state index in [0.29, 0.717) is 12.2 Å². The van der Waals surface area contributed by atoms with E-state index < -0.39 is 0 Å². The molecule has 1 heterocycles. The molecule has 5 heteroatoms. The average Bonchev–Trinajstić information content (AvgIpc) is 2.31. The molecule has 0 saturated heterocycles. The Labute approximate surface area is 58.0 Å². The fraction of sp³-hybridized carbons (Fsp3) is 0.800. The third-order valence-electron chi connectivity index (χ3n) is 1.25. The SMILES string of the molecule is CCCCc1nnnn1F. The monoisotopic (exact) mass is 144 g/mol. The number of unbranched alkanes of at least 4 members (excludes halogenated alkanes) is 1. The Hall–Kier alpha value is -1.00. The molecule has 0 aliphatic heterocycles. The van der Waals surface area contributed by atoms with Crippen LogP contribution in [0.4, 0.5) is 4.48 Å². The van der Waals surface area contributed by atoms with Crippen LogP contribution in [0.3, 0.4) is 0 Å². The molecule has 0 fully saturated rings. The molecule has 1 aromatic rings. The highest BCUT2D eigenvalue weighted by atomic mass is 19.2. The second kappa shape index (κ2) is 3.24. The fourth-order valence-electron chi connectivity index (χ4n) is 0.672. The first kappa shape index (κ1) is 7.11. The molecule has 0 saturated carbocycles. The van der Waals surface area contributed by atoms with Crippen molar-refractivity contribution in [1.29, 1.82) is 0 Å². The lowest BCUT2D eigenvalue weighted by molar-refractivity contribution is 0.291. The molecule has 0 atom stereocenters. The molecule has 0 aromatic carbocycles. The zero-order chi connectivity index (χ0) is 7.40. The van der Waals surface area contributed by atoms with Gasteiger partial charge in [-0.25, -0.2) is 0 Å². The van der Waals surface area contributed by atoms with Crippen molar-refractivity contribution in [2.75, 3.05) is 0 Å². The van der Waals surface area contributed by atoms with Crippen LogP contribution in [-0.2, 0) is 6.42 Å². The number of halogens is 1. The molecule has 1 aromatic heterocycles. The number of tetrazole rings is 1.